The first kappa shape index (κ1) is 77.6. The van der Waals surface area contributed by atoms with Gasteiger partial charge in [0.2, 0.25) is 3.79 Å². The van der Waals surface area contributed by atoms with Crippen molar-refractivity contribution in [3.8, 4) is 0 Å². The van der Waals surface area contributed by atoms with Crippen LogP contribution in [0.2, 0.25) is 0 Å². The molecule has 5 aliphatic heterocycles. The number of alkyl halides is 3. The molecule has 1 amide bonds. The van der Waals surface area contributed by atoms with E-state index in [1.165, 1.54) is 6.08 Å². The SMILES string of the molecule is C=CCOC(=O)OC1[C@@H](OCC2O[C@@H](O[C@@H]3C(COCc4ccccc4)O[C@@H](O[C@@H]4C(COCc5ccccc5)O[C@@H](OCc5ccccc5)C(NC(=O)OCC(Cl)(Cl)Cl)[C@H]4C)C(C)[C@H]3C)C(OCc3ccccc3)[C@@H](O[C@H]3OC(CC)[C@@H](C)[C@H](C)C3O)[C@@H]2C)OC(CC)[C@@H](C)[C@@H]1C. The molecular formula is C75H102Cl3NO19. The molecule has 23 heteroatoms. The van der Waals surface area contributed by atoms with Crippen LogP contribution < -0.4 is 5.32 Å². The van der Waals surface area contributed by atoms with Gasteiger partial charge in [-0.2, -0.15) is 0 Å². The van der Waals surface area contributed by atoms with E-state index in [0.717, 1.165) is 22.3 Å². The molecule has 0 bridgehead atoms. The number of benzene rings is 4. The van der Waals surface area contributed by atoms with Crippen molar-refractivity contribution < 1.29 is 90.5 Å². The number of rotatable bonds is 30. The van der Waals surface area contributed by atoms with E-state index in [0.29, 0.717) is 12.8 Å². The first-order valence-corrected chi connectivity index (χ1v) is 35.8. The molecule has 20 nitrogen and oxygen atoms in total. The molecule has 542 valence electrons. The average molecular weight is 1430 g/mol. The molecule has 5 heterocycles. The molecule has 10 unspecified atom stereocenters. The molecule has 0 aromatic heterocycles. The lowest BCUT2D eigenvalue weighted by molar-refractivity contribution is -0.379. The summed E-state index contributed by atoms with van der Waals surface area (Å²) in [5.74, 6) is -2.25. The van der Waals surface area contributed by atoms with Gasteiger partial charge in [-0.1, -0.05) is 238 Å². The van der Waals surface area contributed by atoms with Crippen LogP contribution in [-0.4, -0.2) is 159 Å². The Morgan fingerprint density at radius 3 is 1.47 bits per heavy atom. The third-order valence-electron chi connectivity index (χ3n) is 20.2. The average Bonchev–Trinajstić information content (AvgIpc) is 0.775. The molecule has 0 saturated carbocycles. The van der Waals surface area contributed by atoms with Crippen molar-refractivity contribution in [3.05, 3.63) is 156 Å². The van der Waals surface area contributed by atoms with E-state index in [1.807, 2.05) is 163 Å². The maximum Gasteiger partial charge on any atom is 0.509 e. The Morgan fingerprint density at radius 2 is 0.929 bits per heavy atom. The molecule has 9 rings (SSSR count). The highest BCUT2D eigenvalue weighted by molar-refractivity contribution is 6.67. The minimum absolute atomic E-state index is 0.00118. The summed E-state index contributed by atoms with van der Waals surface area (Å²) in [6.07, 6.45) is -12.4. The molecule has 5 aliphatic rings. The number of carbonyl (C=O) groups excluding carboxylic acids is 2. The Labute approximate surface area is 593 Å². The lowest BCUT2D eigenvalue weighted by Crippen LogP contribution is -2.64. The third-order valence-corrected chi connectivity index (χ3v) is 20.5. The van der Waals surface area contributed by atoms with Crippen LogP contribution in [0.25, 0.3) is 0 Å². The summed E-state index contributed by atoms with van der Waals surface area (Å²) >= 11 is 18.2. The third kappa shape index (κ3) is 21.1. The van der Waals surface area contributed by atoms with Gasteiger partial charge in [-0.3, -0.25) is 0 Å². The summed E-state index contributed by atoms with van der Waals surface area (Å²) in [6, 6.07) is 38.1. The molecule has 25 atom stereocenters. The second-order valence-electron chi connectivity index (χ2n) is 26.9. The lowest BCUT2D eigenvalue weighted by Gasteiger charge is -2.52. The second-order valence-corrected chi connectivity index (χ2v) is 29.4. The van der Waals surface area contributed by atoms with Crippen LogP contribution in [0.3, 0.4) is 0 Å². The van der Waals surface area contributed by atoms with Crippen molar-refractivity contribution in [1.82, 2.24) is 5.32 Å². The minimum Gasteiger partial charge on any atom is -0.445 e. The van der Waals surface area contributed by atoms with Crippen molar-refractivity contribution in [2.24, 2.45) is 47.3 Å². The predicted octanol–water partition coefficient (Wildman–Crippen LogP) is 13.5. The van der Waals surface area contributed by atoms with Crippen LogP contribution in [0.15, 0.2) is 134 Å². The van der Waals surface area contributed by atoms with Crippen LogP contribution in [0.4, 0.5) is 9.59 Å². The first-order valence-electron chi connectivity index (χ1n) is 34.7. The summed E-state index contributed by atoms with van der Waals surface area (Å²) in [5, 5.41) is 15.1. The van der Waals surface area contributed by atoms with Gasteiger partial charge in [0.15, 0.2) is 37.6 Å². The van der Waals surface area contributed by atoms with E-state index in [-0.39, 0.29) is 94.7 Å². The highest BCUT2D eigenvalue weighted by Crippen LogP contribution is 2.44. The molecule has 4 aromatic rings. The predicted molar refractivity (Wildman–Crippen MR) is 367 cm³/mol. The van der Waals surface area contributed by atoms with E-state index < -0.39 is 133 Å². The van der Waals surface area contributed by atoms with Gasteiger partial charge in [-0.15, -0.1) is 0 Å². The van der Waals surface area contributed by atoms with Crippen LogP contribution in [-0.2, 0) is 102 Å². The van der Waals surface area contributed by atoms with Gasteiger partial charge in [-0.25, -0.2) is 9.59 Å². The molecule has 98 heavy (non-hydrogen) atoms. The van der Waals surface area contributed by atoms with Crippen molar-refractivity contribution in [2.75, 3.05) is 33.0 Å². The van der Waals surface area contributed by atoms with Crippen LogP contribution >= 0.6 is 34.8 Å². The van der Waals surface area contributed by atoms with Gasteiger partial charge < -0.3 is 86.2 Å². The Morgan fingerprint density at radius 1 is 0.469 bits per heavy atom. The number of hydrogen-bond donors (Lipinski definition) is 2. The van der Waals surface area contributed by atoms with Crippen molar-refractivity contribution in [2.45, 2.75) is 217 Å². The fraction of sp³-hybridized carbons (Fsp3) is 0.627. The summed E-state index contributed by atoms with van der Waals surface area (Å²) in [6.45, 7) is 24.2. The van der Waals surface area contributed by atoms with E-state index in [1.54, 1.807) is 0 Å². The summed E-state index contributed by atoms with van der Waals surface area (Å²) < 4.78 is 105. The summed E-state index contributed by atoms with van der Waals surface area (Å²) in [5.41, 5.74) is 3.66. The van der Waals surface area contributed by atoms with Crippen molar-refractivity contribution in [1.29, 1.82) is 0 Å². The quantitative estimate of drug-likeness (QED) is 0.0282. The number of aliphatic hydroxyl groups is 1. The van der Waals surface area contributed by atoms with Gasteiger partial charge in [0.1, 0.15) is 37.6 Å². The van der Waals surface area contributed by atoms with E-state index in [9.17, 15) is 14.7 Å². The van der Waals surface area contributed by atoms with Crippen molar-refractivity contribution >= 4 is 47.1 Å². The molecule has 5 saturated heterocycles. The normalized spacial score (nSPS) is 35.2. The number of carbonyl (C=O) groups is 2. The van der Waals surface area contributed by atoms with Gasteiger partial charge in [0.25, 0.3) is 0 Å². The summed E-state index contributed by atoms with van der Waals surface area (Å²) in [4.78, 5) is 26.9. The molecule has 0 aliphatic carbocycles. The number of nitrogens with one attached hydrogen (secondary N) is 1. The lowest BCUT2D eigenvalue weighted by atomic mass is 9.82. The molecule has 0 radical (unpaired) electrons. The molecule has 4 aromatic carbocycles. The summed E-state index contributed by atoms with van der Waals surface area (Å²) in [7, 11) is 0. The van der Waals surface area contributed by atoms with Crippen LogP contribution in [0.5, 0.6) is 0 Å². The van der Waals surface area contributed by atoms with E-state index in [2.05, 4.69) is 39.6 Å². The standard InChI is InChI=1S/C75H102Cl3NO19/c1-12-35-85-74(82)98-66-47(7)45(5)57(14-3)91-71(66)88-42-58-50(10)65(97-70-62(80)46(6)44(4)56(13-2)90-70)67(86-38-54-31-23-17-24-32-54)72(92-58)96-63-48(8)49(9)68(93-59(63)40-83-36-52-27-19-15-20-28-52)95-64-51(11)61(79-73(81)89-43-75(76,77)78)69(87-39-55-33-25-18-26-34-55)94-60(64)41-84-37-53-29-21-16-22-30-53/h12,15-34,44-51,56-72,80H,1,13-14,35-43H2,2-11H3,(H,79,81)/t44-,45-,46-,47-,48+,49?,50+,51+,56?,57?,58?,59?,60?,61?,62?,63-,64-,65-,66?,67?,68-,69+,70+,71-,72-/m0/s1. The maximum absolute atomic E-state index is 13.7. The fourth-order valence-corrected chi connectivity index (χ4v) is 13.8. The highest BCUT2D eigenvalue weighted by atomic mass is 35.6. The van der Waals surface area contributed by atoms with Gasteiger partial charge in [-0.05, 0) is 58.8 Å². The van der Waals surface area contributed by atoms with Gasteiger partial charge in [0.05, 0.1) is 88.9 Å². The van der Waals surface area contributed by atoms with Crippen molar-refractivity contribution in [3.63, 3.8) is 0 Å². The highest BCUT2D eigenvalue weighted by Gasteiger charge is 2.55. The van der Waals surface area contributed by atoms with Crippen LogP contribution in [0, 0.1) is 47.3 Å². The smallest absolute Gasteiger partial charge is 0.445 e. The monoisotopic (exact) mass is 1430 g/mol. The zero-order valence-corrected chi connectivity index (χ0v) is 60.2. The number of hydrogen-bond acceptors (Lipinski definition) is 19. The molecule has 0 spiro atoms. The molecular weight excluding hydrogens is 1330 g/mol. The Kier molecular flexibility index (Phi) is 29.8. The first-order chi connectivity index (χ1) is 47.1. The topological polar surface area (TPSA) is 214 Å². The number of ether oxygens (including phenoxy) is 16. The zero-order chi connectivity index (χ0) is 70.0. The van der Waals surface area contributed by atoms with E-state index in [4.69, 9.17) is 111 Å². The van der Waals surface area contributed by atoms with Crippen LogP contribution in [0.1, 0.15) is 104 Å². The second kappa shape index (κ2) is 37.6. The number of alkyl carbamates (subject to hydrolysis) is 1. The Balaban J connectivity index is 1.06. The number of amides is 1. The zero-order valence-electron chi connectivity index (χ0n) is 58.0. The fourth-order valence-electron chi connectivity index (χ4n) is 13.7. The van der Waals surface area contributed by atoms with Gasteiger partial charge in [0, 0.05) is 23.7 Å². The van der Waals surface area contributed by atoms with E-state index >= 15 is 0 Å². The Bertz CT molecular complexity index is 3000. The molecule has 5 fully saturated rings. The molecule has 2 N–H and O–H groups in total. The largest absolute Gasteiger partial charge is 0.509 e. The number of halogens is 3. The number of aliphatic hydroxyl groups excluding tert-OH is 1. The minimum atomic E-state index is -1.88. The van der Waals surface area contributed by atoms with Gasteiger partial charge >= 0.3 is 12.2 Å². The maximum atomic E-state index is 13.7. The Hall–Kier alpha value is -4.53.